The van der Waals surface area contributed by atoms with E-state index in [0.29, 0.717) is 0 Å². The van der Waals surface area contributed by atoms with Gasteiger partial charge < -0.3 is 21.1 Å². The highest BCUT2D eigenvalue weighted by Gasteiger charge is 2.26. The van der Waals surface area contributed by atoms with Crippen LogP contribution in [0.3, 0.4) is 0 Å². The molecule has 158 valence electrons. The third-order valence-electron chi connectivity index (χ3n) is 4.62. The first kappa shape index (κ1) is 22.2. The second kappa shape index (κ2) is 10.4. The Morgan fingerprint density at radius 3 is 2.55 bits per heavy atom. The van der Waals surface area contributed by atoms with E-state index in [-0.39, 0.29) is 25.5 Å². The summed E-state index contributed by atoms with van der Waals surface area (Å²) in [5.74, 6) is -1.69. The number of esters is 1. The van der Waals surface area contributed by atoms with Gasteiger partial charge in [0.25, 0.3) is 0 Å². The molecule has 0 radical (unpaired) electrons. The first-order valence-electron chi connectivity index (χ1n) is 9.51. The fourth-order valence-electron chi connectivity index (χ4n) is 3.31. The lowest BCUT2D eigenvalue weighted by Gasteiger charge is -2.24. The zero-order chi connectivity index (χ0) is 21.4. The Hall–Kier alpha value is -3.14. The Bertz CT molecular complexity index is 773. The highest BCUT2D eigenvalue weighted by Crippen LogP contribution is 2.17. The Morgan fingerprint density at radius 1 is 1.31 bits per heavy atom. The molecule has 1 saturated heterocycles. The number of likely N-dealkylation sites (tertiary alicyclic amines) is 1. The van der Waals surface area contributed by atoms with Gasteiger partial charge in [0.1, 0.15) is 6.54 Å². The Kier molecular flexibility index (Phi) is 7.96. The largest absolute Gasteiger partial charge is 0.465 e. The number of hydrogen-bond acceptors (Lipinski definition) is 8. The van der Waals surface area contributed by atoms with Gasteiger partial charge in [0.2, 0.25) is 0 Å². The molecule has 1 aromatic carbocycles. The van der Waals surface area contributed by atoms with Gasteiger partial charge in [0, 0.05) is 13.1 Å². The minimum atomic E-state index is -0.820. The highest BCUT2D eigenvalue weighted by molar-refractivity contribution is 5.92. The van der Waals surface area contributed by atoms with Gasteiger partial charge in [-0.3, -0.25) is 25.2 Å². The van der Waals surface area contributed by atoms with E-state index in [1.54, 1.807) is 6.92 Å². The average Bonchev–Trinajstić information content (AvgIpc) is 3.14. The van der Waals surface area contributed by atoms with Crippen LogP contribution in [0.5, 0.6) is 0 Å². The number of carbonyl (C=O) groups excluding carboxylic acids is 1. The lowest BCUT2D eigenvalue weighted by atomic mass is 10.1. The van der Waals surface area contributed by atoms with Crippen LogP contribution in [0.1, 0.15) is 30.9 Å². The van der Waals surface area contributed by atoms with Crippen LogP contribution in [0.4, 0.5) is 0 Å². The standard InChI is InChI=1S/C19H28N6O4/c1-2-29-16(26)13-24(19(22)17(18(20)21)25(27)28)12-15-7-5-6-14(10-15)11-23-8-3-4-9-23/h5-7,10H,2-4,8-9,11-13,22H2,1H3,(H3,20,21)/b19-17-. The monoisotopic (exact) mass is 404 g/mol. The molecule has 2 rings (SSSR count). The van der Waals surface area contributed by atoms with Gasteiger partial charge in [-0.15, -0.1) is 0 Å². The van der Waals surface area contributed by atoms with Crippen molar-refractivity contribution in [1.82, 2.24) is 9.80 Å². The molecule has 0 amide bonds. The summed E-state index contributed by atoms with van der Waals surface area (Å²) in [6.45, 7) is 4.66. The molecule has 0 aliphatic carbocycles. The number of rotatable bonds is 10. The maximum atomic E-state index is 12.0. The van der Waals surface area contributed by atoms with Gasteiger partial charge in [-0.1, -0.05) is 24.3 Å². The lowest BCUT2D eigenvalue weighted by molar-refractivity contribution is -0.417. The van der Waals surface area contributed by atoms with E-state index < -0.39 is 22.4 Å². The molecule has 1 aliphatic rings. The summed E-state index contributed by atoms with van der Waals surface area (Å²) < 4.78 is 4.95. The minimum Gasteiger partial charge on any atom is -0.465 e. The van der Waals surface area contributed by atoms with Crippen LogP contribution >= 0.6 is 0 Å². The molecule has 0 atom stereocenters. The molecule has 29 heavy (non-hydrogen) atoms. The lowest BCUT2D eigenvalue weighted by Crippen LogP contribution is -2.37. The number of ether oxygens (including phenoxy) is 1. The normalized spacial score (nSPS) is 14.9. The van der Waals surface area contributed by atoms with Crippen LogP contribution in [0, 0.1) is 15.5 Å². The van der Waals surface area contributed by atoms with Crippen molar-refractivity contribution >= 4 is 11.8 Å². The minimum absolute atomic E-state index is 0.142. The Balaban J connectivity index is 2.27. The van der Waals surface area contributed by atoms with Crippen LogP contribution in [-0.4, -0.2) is 52.8 Å². The number of nitrogens with one attached hydrogen (secondary N) is 1. The van der Waals surface area contributed by atoms with Crippen molar-refractivity contribution in [3.05, 3.63) is 57.0 Å². The summed E-state index contributed by atoms with van der Waals surface area (Å²) >= 11 is 0. The van der Waals surface area contributed by atoms with Gasteiger partial charge >= 0.3 is 11.7 Å². The third-order valence-corrected chi connectivity index (χ3v) is 4.62. The van der Waals surface area contributed by atoms with Crippen LogP contribution in [-0.2, 0) is 22.6 Å². The topological polar surface area (TPSA) is 152 Å². The molecule has 0 unspecified atom stereocenters. The molecular formula is C19H28N6O4. The first-order valence-corrected chi connectivity index (χ1v) is 9.51. The van der Waals surface area contributed by atoms with Gasteiger partial charge in [-0.25, -0.2) is 0 Å². The van der Waals surface area contributed by atoms with Crippen LogP contribution in [0.15, 0.2) is 35.8 Å². The van der Waals surface area contributed by atoms with E-state index in [2.05, 4.69) is 4.90 Å². The quantitative estimate of drug-likeness (QED) is 0.172. The van der Waals surface area contributed by atoms with Crippen molar-refractivity contribution < 1.29 is 14.5 Å². The maximum Gasteiger partial charge on any atom is 0.349 e. The fraction of sp³-hybridized carbons (Fsp3) is 0.474. The number of nitro groups is 1. The zero-order valence-electron chi connectivity index (χ0n) is 16.6. The van der Waals surface area contributed by atoms with Crippen molar-refractivity contribution in [3.8, 4) is 0 Å². The van der Waals surface area contributed by atoms with E-state index in [0.717, 1.165) is 30.8 Å². The van der Waals surface area contributed by atoms with Crippen LogP contribution in [0.25, 0.3) is 0 Å². The molecular weight excluding hydrogens is 376 g/mol. The van der Waals surface area contributed by atoms with E-state index in [9.17, 15) is 14.9 Å². The molecule has 10 heteroatoms. The maximum absolute atomic E-state index is 12.0. The highest BCUT2D eigenvalue weighted by atomic mass is 16.6. The number of carbonyl (C=O) groups is 1. The molecule has 0 spiro atoms. The fourth-order valence-corrected chi connectivity index (χ4v) is 3.31. The molecule has 0 aromatic heterocycles. The molecule has 0 bridgehead atoms. The summed E-state index contributed by atoms with van der Waals surface area (Å²) in [6.07, 6.45) is 2.39. The van der Waals surface area contributed by atoms with Gasteiger partial charge in [-0.2, -0.15) is 0 Å². The van der Waals surface area contributed by atoms with E-state index in [1.807, 2.05) is 24.3 Å². The van der Waals surface area contributed by atoms with Crippen molar-refractivity contribution in [1.29, 1.82) is 5.41 Å². The van der Waals surface area contributed by atoms with E-state index >= 15 is 0 Å². The number of nitrogens with two attached hydrogens (primary N) is 2. The molecule has 1 fully saturated rings. The second-order valence-corrected chi connectivity index (χ2v) is 6.87. The van der Waals surface area contributed by atoms with Crippen LogP contribution in [0.2, 0.25) is 0 Å². The van der Waals surface area contributed by atoms with Gasteiger partial charge in [-0.05, 0) is 44.0 Å². The summed E-state index contributed by atoms with van der Waals surface area (Å²) in [4.78, 5) is 26.2. The predicted octanol–water partition coefficient (Wildman–Crippen LogP) is 0.988. The van der Waals surface area contributed by atoms with Crippen molar-refractivity contribution in [2.75, 3.05) is 26.2 Å². The van der Waals surface area contributed by atoms with Crippen molar-refractivity contribution in [2.45, 2.75) is 32.9 Å². The summed E-state index contributed by atoms with van der Waals surface area (Å²) in [6, 6.07) is 7.78. The molecule has 10 nitrogen and oxygen atoms in total. The van der Waals surface area contributed by atoms with Crippen molar-refractivity contribution in [3.63, 3.8) is 0 Å². The predicted molar refractivity (Wildman–Crippen MR) is 108 cm³/mol. The number of amidine groups is 1. The number of hydrogen-bond donors (Lipinski definition) is 3. The van der Waals surface area contributed by atoms with E-state index in [4.69, 9.17) is 21.6 Å². The summed E-state index contributed by atoms with van der Waals surface area (Å²) in [5.41, 5.74) is 12.5. The van der Waals surface area contributed by atoms with Crippen molar-refractivity contribution in [2.24, 2.45) is 11.5 Å². The Labute approximate surface area is 169 Å². The molecule has 1 aliphatic heterocycles. The number of benzene rings is 1. The summed E-state index contributed by atoms with van der Waals surface area (Å²) in [5, 5.41) is 18.8. The SMILES string of the molecule is CCOC(=O)CN(Cc1cccc(CN2CCCC2)c1)/C(N)=C(/C(=N)N)[N+](=O)[O-]. The third kappa shape index (κ3) is 6.46. The molecule has 0 saturated carbocycles. The van der Waals surface area contributed by atoms with Gasteiger partial charge in [0.05, 0.1) is 11.5 Å². The Morgan fingerprint density at radius 2 is 1.97 bits per heavy atom. The second-order valence-electron chi connectivity index (χ2n) is 6.87. The molecule has 1 heterocycles. The van der Waals surface area contributed by atoms with Crippen LogP contribution < -0.4 is 11.5 Å². The van der Waals surface area contributed by atoms with Gasteiger partial charge in [0.15, 0.2) is 11.7 Å². The zero-order valence-corrected chi connectivity index (χ0v) is 16.6. The smallest absolute Gasteiger partial charge is 0.349 e. The first-order chi connectivity index (χ1) is 13.8. The molecule has 5 N–H and O–H groups in total. The number of nitrogens with zero attached hydrogens (tertiary/aromatic N) is 3. The average molecular weight is 404 g/mol. The van der Waals surface area contributed by atoms with E-state index in [1.165, 1.54) is 17.7 Å². The molecule has 1 aromatic rings. The summed E-state index contributed by atoms with van der Waals surface area (Å²) in [7, 11) is 0.